The second-order valence-electron chi connectivity index (χ2n) is 6.97. The molecule has 0 amide bonds. The first-order valence-corrected chi connectivity index (χ1v) is 11.5. The average Bonchev–Trinajstić information content (AvgIpc) is 3.46. The topological polar surface area (TPSA) is 89.5 Å². The van der Waals surface area contributed by atoms with Gasteiger partial charge in [0.15, 0.2) is 6.61 Å². The molecule has 0 radical (unpaired) electrons. The minimum absolute atomic E-state index is 0.00742. The van der Waals surface area contributed by atoms with E-state index < -0.39 is 16.0 Å². The van der Waals surface area contributed by atoms with Crippen LogP contribution >= 0.6 is 11.3 Å². The van der Waals surface area contributed by atoms with Crippen molar-refractivity contribution in [1.82, 2.24) is 4.72 Å². The Hall–Kier alpha value is -2.55. The summed E-state index contributed by atoms with van der Waals surface area (Å²) in [7, 11) is -3.57. The van der Waals surface area contributed by atoms with E-state index in [2.05, 4.69) is 4.72 Å². The first-order chi connectivity index (χ1) is 13.8. The van der Waals surface area contributed by atoms with Crippen LogP contribution in [0.3, 0.4) is 0 Å². The number of fused-ring (bicyclic) bond motifs is 1. The zero-order valence-corrected chi connectivity index (χ0v) is 17.3. The van der Waals surface area contributed by atoms with Crippen LogP contribution in [0.5, 0.6) is 0 Å². The smallest absolute Gasteiger partial charge is 0.338 e. The Balaban J connectivity index is 1.41. The van der Waals surface area contributed by atoms with E-state index in [0.717, 1.165) is 28.5 Å². The average molecular weight is 430 g/mol. The maximum atomic E-state index is 12.5. The van der Waals surface area contributed by atoms with Crippen molar-refractivity contribution in [3.05, 3.63) is 64.5 Å². The van der Waals surface area contributed by atoms with E-state index in [0.29, 0.717) is 4.88 Å². The maximum Gasteiger partial charge on any atom is 0.338 e. The number of Topliss-reactive ketones (excluding diaryl/α,β-unsaturated/α-hetero) is 1. The van der Waals surface area contributed by atoms with Gasteiger partial charge in [-0.25, -0.2) is 17.9 Å². The monoisotopic (exact) mass is 429 g/mol. The van der Waals surface area contributed by atoms with Gasteiger partial charge in [-0.1, -0.05) is 18.2 Å². The number of rotatable bonds is 7. The highest BCUT2D eigenvalue weighted by Gasteiger charge is 2.28. The number of esters is 1. The van der Waals surface area contributed by atoms with Crippen LogP contribution in [0.1, 0.15) is 38.4 Å². The molecule has 0 unspecified atom stereocenters. The summed E-state index contributed by atoms with van der Waals surface area (Å²) in [6.45, 7) is 1.51. The van der Waals surface area contributed by atoms with E-state index in [9.17, 15) is 18.0 Å². The van der Waals surface area contributed by atoms with E-state index in [-0.39, 0.29) is 28.9 Å². The number of ether oxygens (including phenoxy) is 1. The normalized spacial score (nSPS) is 14.1. The van der Waals surface area contributed by atoms with E-state index in [1.165, 1.54) is 35.6 Å². The Labute approximate surface area is 172 Å². The molecule has 0 atom stereocenters. The largest absolute Gasteiger partial charge is 0.454 e. The van der Waals surface area contributed by atoms with Crippen molar-refractivity contribution >= 4 is 43.2 Å². The summed E-state index contributed by atoms with van der Waals surface area (Å²) in [4.78, 5) is 25.4. The number of hydrogen-bond donors (Lipinski definition) is 1. The Kier molecular flexibility index (Phi) is 5.24. The van der Waals surface area contributed by atoms with Crippen molar-refractivity contribution in [3.8, 4) is 0 Å². The highest BCUT2D eigenvalue weighted by Crippen LogP contribution is 2.31. The molecule has 0 saturated heterocycles. The molecule has 1 saturated carbocycles. The van der Waals surface area contributed by atoms with Crippen LogP contribution < -0.4 is 4.72 Å². The lowest BCUT2D eigenvalue weighted by atomic mass is 10.1. The molecular weight excluding hydrogens is 410 g/mol. The van der Waals surface area contributed by atoms with Crippen molar-refractivity contribution in [2.45, 2.75) is 30.7 Å². The fourth-order valence-corrected chi connectivity index (χ4v) is 5.42. The number of nitrogens with one attached hydrogen (secondary N) is 1. The van der Waals surface area contributed by atoms with E-state index in [1.54, 1.807) is 0 Å². The van der Waals surface area contributed by atoms with Gasteiger partial charge >= 0.3 is 5.97 Å². The van der Waals surface area contributed by atoms with Crippen molar-refractivity contribution in [3.63, 3.8) is 0 Å². The number of sulfonamides is 1. The number of carbonyl (C=O) groups is 2. The lowest BCUT2D eigenvalue weighted by molar-refractivity contribution is 0.0475. The van der Waals surface area contributed by atoms with Crippen LogP contribution in [-0.2, 0) is 14.8 Å². The molecule has 4 rings (SSSR count). The molecule has 0 spiro atoms. The van der Waals surface area contributed by atoms with Gasteiger partial charge in [0.05, 0.1) is 15.3 Å². The number of benzene rings is 2. The first-order valence-electron chi connectivity index (χ1n) is 9.16. The minimum atomic E-state index is -3.57. The maximum absolute atomic E-state index is 12.5. The van der Waals surface area contributed by atoms with E-state index >= 15 is 0 Å². The van der Waals surface area contributed by atoms with Crippen LogP contribution in [0, 0.1) is 6.92 Å². The second-order valence-corrected chi connectivity index (χ2v) is 9.74. The Morgan fingerprint density at radius 3 is 2.45 bits per heavy atom. The van der Waals surface area contributed by atoms with Crippen LogP contribution in [0.2, 0.25) is 0 Å². The zero-order chi connectivity index (χ0) is 20.6. The lowest BCUT2D eigenvalue weighted by Crippen LogP contribution is -2.25. The van der Waals surface area contributed by atoms with Gasteiger partial charge in [-0.2, -0.15) is 0 Å². The summed E-state index contributed by atoms with van der Waals surface area (Å²) in [6, 6.07) is 13.2. The third kappa shape index (κ3) is 4.24. The molecule has 0 bridgehead atoms. The third-order valence-corrected chi connectivity index (χ3v) is 7.58. The van der Waals surface area contributed by atoms with Crippen molar-refractivity contribution in [1.29, 1.82) is 0 Å². The van der Waals surface area contributed by atoms with Crippen LogP contribution in [0.25, 0.3) is 10.1 Å². The number of thiophene rings is 1. The quantitative estimate of drug-likeness (QED) is 0.457. The van der Waals surface area contributed by atoms with Crippen LogP contribution in [0.4, 0.5) is 0 Å². The molecule has 29 heavy (non-hydrogen) atoms. The zero-order valence-electron chi connectivity index (χ0n) is 15.7. The molecule has 1 aliphatic rings. The molecule has 1 fully saturated rings. The third-order valence-electron chi connectivity index (χ3n) is 4.73. The molecular formula is C21H19NO5S2. The molecule has 8 heteroatoms. The first kappa shape index (κ1) is 19.8. The summed E-state index contributed by atoms with van der Waals surface area (Å²) in [5, 5.41) is 1.02. The Morgan fingerprint density at radius 1 is 1.10 bits per heavy atom. The van der Waals surface area contributed by atoms with Gasteiger partial charge in [-0.3, -0.25) is 4.79 Å². The van der Waals surface area contributed by atoms with Crippen molar-refractivity contribution in [2.75, 3.05) is 6.61 Å². The molecule has 0 aliphatic heterocycles. The number of aryl methyl sites for hydroxylation is 1. The van der Waals surface area contributed by atoms with Gasteiger partial charge < -0.3 is 4.74 Å². The summed E-state index contributed by atoms with van der Waals surface area (Å²) in [5.41, 5.74) is 1.07. The number of hydrogen-bond acceptors (Lipinski definition) is 6. The summed E-state index contributed by atoms with van der Waals surface area (Å²) in [5.74, 6) is -0.930. The molecule has 2 aromatic carbocycles. The predicted octanol–water partition coefficient (Wildman–Crippen LogP) is 3.69. The molecule has 1 N–H and O–H groups in total. The minimum Gasteiger partial charge on any atom is -0.454 e. The van der Waals surface area contributed by atoms with Gasteiger partial charge in [-0.15, -0.1) is 11.3 Å². The fourth-order valence-electron chi connectivity index (χ4n) is 2.98. The van der Waals surface area contributed by atoms with Crippen molar-refractivity contribution in [2.24, 2.45) is 0 Å². The number of carbonyl (C=O) groups excluding carboxylic acids is 2. The second kappa shape index (κ2) is 7.70. The predicted molar refractivity (Wildman–Crippen MR) is 111 cm³/mol. The molecule has 1 aliphatic carbocycles. The van der Waals surface area contributed by atoms with Crippen LogP contribution in [0.15, 0.2) is 53.4 Å². The standard InChI is InChI=1S/C21H19NO5S2/c1-13-17-4-2-3-5-19(17)28-20(13)18(23)12-27-21(24)14-6-10-16(11-7-14)29(25,26)22-15-8-9-15/h2-7,10-11,15,22H,8-9,12H2,1H3. The van der Waals surface area contributed by atoms with Crippen LogP contribution in [-0.4, -0.2) is 32.8 Å². The highest BCUT2D eigenvalue weighted by molar-refractivity contribution is 7.89. The SMILES string of the molecule is Cc1c(C(=O)COC(=O)c2ccc(S(=O)(=O)NC3CC3)cc2)sc2ccccc12. The molecule has 3 aromatic rings. The molecule has 1 aromatic heterocycles. The fraction of sp³-hybridized carbons (Fsp3) is 0.238. The van der Waals surface area contributed by atoms with E-state index in [1.807, 2.05) is 31.2 Å². The number of ketones is 1. The molecule has 150 valence electrons. The van der Waals surface area contributed by atoms with Gasteiger partial charge in [0.1, 0.15) is 0 Å². The highest BCUT2D eigenvalue weighted by atomic mass is 32.2. The van der Waals surface area contributed by atoms with Gasteiger partial charge in [0.25, 0.3) is 0 Å². The molecule has 1 heterocycles. The van der Waals surface area contributed by atoms with Gasteiger partial charge in [-0.05, 0) is 61.0 Å². The Morgan fingerprint density at radius 2 is 1.79 bits per heavy atom. The lowest BCUT2D eigenvalue weighted by Gasteiger charge is -2.07. The van der Waals surface area contributed by atoms with Crippen molar-refractivity contribution < 1.29 is 22.7 Å². The molecule has 6 nitrogen and oxygen atoms in total. The summed E-state index contributed by atoms with van der Waals surface area (Å²) >= 11 is 1.38. The van der Waals surface area contributed by atoms with Gasteiger partial charge in [0.2, 0.25) is 15.8 Å². The van der Waals surface area contributed by atoms with E-state index in [4.69, 9.17) is 4.74 Å². The summed E-state index contributed by atoms with van der Waals surface area (Å²) in [6.07, 6.45) is 1.69. The Bertz CT molecular complexity index is 1190. The van der Waals surface area contributed by atoms with Gasteiger partial charge in [0, 0.05) is 10.7 Å². The summed E-state index contributed by atoms with van der Waals surface area (Å²) < 4.78 is 33.1.